The first-order valence-electron chi connectivity index (χ1n) is 14.2. The molecular formula is C33H33N3O6. The smallest absolute Gasteiger partial charge is 0.269 e. The van der Waals surface area contributed by atoms with E-state index in [1.807, 2.05) is 30.3 Å². The molecule has 3 atom stereocenters. The average Bonchev–Trinajstić information content (AvgIpc) is 3.58. The van der Waals surface area contributed by atoms with Crippen LogP contribution in [0.2, 0.25) is 0 Å². The van der Waals surface area contributed by atoms with Gasteiger partial charge < -0.3 is 19.8 Å². The molecule has 0 bridgehead atoms. The van der Waals surface area contributed by atoms with Gasteiger partial charge in [-0.1, -0.05) is 49.4 Å². The van der Waals surface area contributed by atoms with Crippen LogP contribution in [-0.2, 0) is 20.0 Å². The van der Waals surface area contributed by atoms with Gasteiger partial charge in [-0.05, 0) is 55.3 Å². The van der Waals surface area contributed by atoms with Crippen LogP contribution in [0, 0.1) is 5.92 Å². The lowest BCUT2D eigenvalue weighted by Gasteiger charge is -2.31. The van der Waals surface area contributed by atoms with E-state index < -0.39 is 17.4 Å². The Labute approximate surface area is 244 Å². The molecule has 9 nitrogen and oxygen atoms in total. The molecule has 0 unspecified atom stereocenters. The van der Waals surface area contributed by atoms with Gasteiger partial charge in [0.1, 0.15) is 5.75 Å². The Morgan fingerprint density at radius 3 is 2.57 bits per heavy atom. The van der Waals surface area contributed by atoms with Crippen LogP contribution in [0.5, 0.6) is 5.75 Å². The van der Waals surface area contributed by atoms with Crippen molar-refractivity contribution in [2.45, 2.75) is 37.8 Å². The number of ether oxygens (including phenoxy) is 1. The molecule has 3 aliphatic rings. The number of carbonyl (C=O) groups excluding carboxylic acids is 3. The molecule has 3 aromatic rings. The summed E-state index contributed by atoms with van der Waals surface area (Å²) in [6.45, 7) is 2.16. The van der Waals surface area contributed by atoms with Gasteiger partial charge in [0, 0.05) is 35.8 Å². The maximum absolute atomic E-state index is 14.1. The van der Waals surface area contributed by atoms with Crippen LogP contribution in [0.1, 0.15) is 31.7 Å². The zero-order chi connectivity index (χ0) is 29.4. The SMILES string of the molecule is C[C@H](/C=C/CC(=O)N1CCC[C@H]1CO)[C@@]1(O)C(=O)N(c2ccccc2)c2ccc(N3C(=O)COc4ccccc43)cc21. The zero-order valence-electron chi connectivity index (χ0n) is 23.3. The van der Waals surface area contributed by atoms with Gasteiger partial charge in [-0.15, -0.1) is 0 Å². The number of likely N-dealkylation sites (tertiary alicyclic amines) is 1. The summed E-state index contributed by atoms with van der Waals surface area (Å²) >= 11 is 0. The molecule has 3 heterocycles. The third kappa shape index (κ3) is 4.55. The highest BCUT2D eigenvalue weighted by Crippen LogP contribution is 2.50. The van der Waals surface area contributed by atoms with E-state index in [0.29, 0.717) is 40.6 Å². The lowest BCUT2D eigenvalue weighted by atomic mass is 9.82. The minimum absolute atomic E-state index is 0.0648. The van der Waals surface area contributed by atoms with E-state index in [-0.39, 0.29) is 37.5 Å². The highest BCUT2D eigenvalue weighted by molar-refractivity contribution is 6.13. The summed E-state index contributed by atoms with van der Waals surface area (Å²) in [6, 6.07) is 21.4. The van der Waals surface area contributed by atoms with Gasteiger partial charge in [0.2, 0.25) is 5.91 Å². The highest BCUT2D eigenvalue weighted by atomic mass is 16.5. The van der Waals surface area contributed by atoms with Gasteiger partial charge in [-0.2, -0.15) is 0 Å². The Kier molecular flexibility index (Phi) is 7.30. The van der Waals surface area contributed by atoms with Crippen LogP contribution >= 0.6 is 0 Å². The van der Waals surface area contributed by atoms with Crippen molar-refractivity contribution in [2.24, 2.45) is 5.92 Å². The van der Waals surface area contributed by atoms with Crippen LogP contribution in [0.15, 0.2) is 84.9 Å². The molecule has 0 saturated carbocycles. The Balaban J connectivity index is 1.37. The number of hydrogen-bond donors (Lipinski definition) is 2. The predicted molar refractivity (Wildman–Crippen MR) is 158 cm³/mol. The quantitative estimate of drug-likeness (QED) is 0.415. The van der Waals surface area contributed by atoms with Crippen molar-refractivity contribution in [3.63, 3.8) is 0 Å². The van der Waals surface area contributed by atoms with Crippen LogP contribution in [-0.4, -0.2) is 58.6 Å². The maximum Gasteiger partial charge on any atom is 0.269 e. The second-order valence-electron chi connectivity index (χ2n) is 10.9. The van der Waals surface area contributed by atoms with E-state index in [0.717, 1.165) is 12.8 Å². The first-order chi connectivity index (χ1) is 20.3. The molecule has 216 valence electrons. The summed E-state index contributed by atoms with van der Waals surface area (Å²) in [7, 11) is 0. The molecule has 3 amide bonds. The van der Waals surface area contributed by atoms with E-state index in [1.54, 1.807) is 71.3 Å². The van der Waals surface area contributed by atoms with Crippen molar-refractivity contribution in [2.75, 3.05) is 29.6 Å². The maximum atomic E-state index is 14.1. The summed E-state index contributed by atoms with van der Waals surface area (Å²) in [6.07, 6.45) is 5.11. The normalized spacial score (nSPS) is 22.4. The Hall–Kier alpha value is -4.47. The molecule has 0 radical (unpaired) electrons. The number of anilines is 4. The number of benzene rings is 3. The van der Waals surface area contributed by atoms with Crippen molar-refractivity contribution < 1.29 is 29.3 Å². The summed E-state index contributed by atoms with van der Waals surface area (Å²) in [4.78, 5) is 44.7. The van der Waals surface area contributed by atoms with E-state index in [1.165, 1.54) is 4.90 Å². The highest BCUT2D eigenvalue weighted by Gasteiger charge is 2.53. The van der Waals surface area contributed by atoms with Crippen LogP contribution in [0.25, 0.3) is 0 Å². The van der Waals surface area contributed by atoms with Gasteiger partial charge in [0.05, 0.1) is 24.0 Å². The van der Waals surface area contributed by atoms with Crippen LogP contribution in [0.4, 0.5) is 22.7 Å². The minimum atomic E-state index is -1.96. The lowest BCUT2D eigenvalue weighted by Crippen LogP contribution is -2.43. The number of hydrogen-bond acceptors (Lipinski definition) is 6. The number of nitrogens with zero attached hydrogens (tertiary/aromatic N) is 3. The zero-order valence-corrected chi connectivity index (χ0v) is 23.3. The van der Waals surface area contributed by atoms with Crippen LogP contribution in [0.3, 0.4) is 0 Å². The molecule has 42 heavy (non-hydrogen) atoms. The van der Waals surface area contributed by atoms with Crippen LogP contribution < -0.4 is 14.5 Å². The predicted octanol–water partition coefficient (Wildman–Crippen LogP) is 4.18. The van der Waals surface area contributed by atoms with Gasteiger partial charge >= 0.3 is 0 Å². The molecule has 0 aromatic heterocycles. The van der Waals surface area contributed by atoms with Gasteiger partial charge in [0.25, 0.3) is 11.8 Å². The van der Waals surface area contributed by atoms with E-state index in [9.17, 15) is 24.6 Å². The van der Waals surface area contributed by atoms with Crippen molar-refractivity contribution >= 4 is 40.5 Å². The Morgan fingerprint density at radius 1 is 1.02 bits per heavy atom. The first-order valence-corrected chi connectivity index (χ1v) is 14.2. The Bertz CT molecular complexity index is 1560. The topological polar surface area (TPSA) is 111 Å². The standard InChI is InChI=1S/C33H33N3O6/c1-22(9-7-15-30(38)34-18-8-12-25(34)20-37)33(41)26-19-24(35-28-13-5-6-14-29(28)42-21-31(35)39)16-17-27(26)36(32(33)40)23-10-3-2-4-11-23/h2-7,9-11,13-14,16-17,19,22,25,37,41H,8,12,15,18,20-21H2,1H3/b9-7+/t22-,25+,33+/m1/s1. The molecule has 1 saturated heterocycles. The largest absolute Gasteiger partial charge is 0.482 e. The molecule has 2 N–H and O–H groups in total. The van der Waals surface area contributed by atoms with Gasteiger partial charge in [-0.25, -0.2) is 0 Å². The first kappa shape index (κ1) is 27.7. The van der Waals surface area contributed by atoms with E-state index in [2.05, 4.69) is 0 Å². The average molecular weight is 568 g/mol. The fourth-order valence-electron chi connectivity index (χ4n) is 6.20. The summed E-state index contributed by atoms with van der Waals surface area (Å²) in [5, 5.41) is 21.8. The molecule has 3 aromatic carbocycles. The van der Waals surface area contributed by atoms with Crippen molar-refractivity contribution in [1.82, 2.24) is 4.90 Å². The number of para-hydroxylation sites is 3. The summed E-state index contributed by atoms with van der Waals surface area (Å²) in [5.41, 5.74) is 0.619. The summed E-state index contributed by atoms with van der Waals surface area (Å²) < 4.78 is 5.61. The second-order valence-corrected chi connectivity index (χ2v) is 10.9. The monoisotopic (exact) mass is 567 g/mol. The van der Waals surface area contributed by atoms with E-state index in [4.69, 9.17) is 4.74 Å². The fourth-order valence-corrected chi connectivity index (χ4v) is 6.20. The fraction of sp³-hybridized carbons (Fsp3) is 0.303. The van der Waals surface area contributed by atoms with E-state index >= 15 is 0 Å². The number of rotatable bonds is 7. The minimum Gasteiger partial charge on any atom is -0.482 e. The Morgan fingerprint density at radius 2 is 1.79 bits per heavy atom. The van der Waals surface area contributed by atoms with Gasteiger partial charge in [0.15, 0.2) is 12.2 Å². The number of amides is 3. The molecule has 0 aliphatic carbocycles. The molecule has 0 spiro atoms. The molecule has 9 heteroatoms. The molecule has 6 rings (SSSR count). The van der Waals surface area contributed by atoms with Crippen molar-refractivity contribution in [3.8, 4) is 5.75 Å². The van der Waals surface area contributed by atoms with Gasteiger partial charge in [-0.3, -0.25) is 24.2 Å². The molecular weight excluding hydrogens is 534 g/mol. The third-order valence-electron chi connectivity index (χ3n) is 8.42. The third-order valence-corrected chi connectivity index (χ3v) is 8.42. The second kappa shape index (κ2) is 11.1. The lowest BCUT2D eigenvalue weighted by molar-refractivity contribution is -0.138. The molecule has 3 aliphatic heterocycles. The van der Waals surface area contributed by atoms with Crippen molar-refractivity contribution in [1.29, 1.82) is 0 Å². The number of aliphatic hydroxyl groups is 2. The summed E-state index contributed by atoms with van der Waals surface area (Å²) in [5.74, 6) is -1.02. The van der Waals surface area contributed by atoms with Crippen molar-refractivity contribution in [3.05, 3.63) is 90.5 Å². The number of carbonyl (C=O) groups is 3. The molecule has 1 fully saturated rings. The number of aliphatic hydroxyl groups excluding tert-OH is 1. The number of fused-ring (bicyclic) bond motifs is 2.